The first-order chi connectivity index (χ1) is 11.9. The Morgan fingerprint density at radius 3 is 2.92 bits per heavy atom. The number of benzene rings is 1. The van der Waals surface area contributed by atoms with Crippen molar-refractivity contribution in [2.45, 2.75) is 30.8 Å². The molecule has 4 rings (SSSR count). The van der Waals surface area contributed by atoms with Crippen molar-refractivity contribution >= 4 is 11.8 Å². The van der Waals surface area contributed by atoms with Crippen molar-refractivity contribution in [1.29, 1.82) is 0 Å². The van der Waals surface area contributed by atoms with Gasteiger partial charge < -0.3 is 14.8 Å². The lowest BCUT2D eigenvalue weighted by atomic mass is 9.93. The number of para-hydroxylation sites is 1. The first kappa shape index (κ1) is 16.7. The third kappa shape index (κ3) is 3.45. The lowest BCUT2D eigenvalue weighted by Crippen LogP contribution is -2.58. The van der Waals surface area contributed by atoms with Crippen molar-refractivity contribution in [2.75, 3.05) is 51.0 Å². The summed E-state index contributed by atoms with van der Waals surface area (Å²) < 4.78 is 11.5. The highest BCUT2D eigenvalue weighted by Crippen LogP contribution is 2.36. The van der Waals surface area contributed by atoms with Gasteiger partial charge in [-0.2, -0.15) is 11.8 Å². The zero-order chi connectivity index (χ0) is 16.2. The largest absolute Gasteiger partial charge is 0.493 e. The van der Waals surface area contributed by atoms with Crippen molar-refractivity contribution in [3.05, 3.63) is 29.8 Å². The lowest BCUT2D eigenvalue weighted by Gasteiger charge is -2.43. The van der Waals surface area contributed by atoms with Crippen LogP contribution in [-0.2, 0) is 4.74 Å². The zero-order valence-corrected chi connectivity index (χ0v) is 15.2. The molecule has 132 valence electrons. The zero-order valence-electron chi connectivity index (χ0n) is 14.3. The van der Waals surface area contributed by atoms with Crippen LogP contribution in [-0.4, -0.2) is 61.4 Å². The molecule has 0 bridgehead atoms. The molecule has 3 aliphatic heterocycles. The normalized spacial score (nSPS) is 31.2. The van der Waals surface area contributed by atoms with Crippen molar-refractivity contribution in [2.24, 2.45) is 0 Å². The Kier molecular flexibility index (Phi) is 5.32. The summed E-state index contributed by atoms with van der Waals surface area (Å²) in [6.07, 6.45) is 3.56. The summed E-state index contributed by atoms with van der Waals surface area (Å²) in [5.41, 5.74) is 1.63. The molecule has 2 atom stereocenters. The van der Waals surface area contributed by atoms with Crippen LogP contribution in [0.25, 0.3) is 0 Å². The Balaban J connectivity index is 1.48. The minimum atomic E-state index is 0.302. The Labute approximate surface area is 149 Å². The summed E-state index contributed by atoms with van der Waals surface area (Å²) in [4.78, 5) is 2.68. The fraction of sp³-hybridized carbons (Fsp3) is 0.684. The number of fused-ring (bicyclic) bond motifs is 1. The fourth-order valence-electron chi connectivity index (χ4n) is 4.18. The smallest absolute Gasteiger partial charge is 0.124 e. The van der Waals surface area contributed by atoms with Gasteiger partial charge in [0.15, 0.2) is 0 Å². The van der Waals surface area contributed by atoms with Gasteiger partial charge in [-0.15, -0.1) is 0 Å². The number of morpholine rings is 1. The maximum atomic E-state index is 5.92. The van der Waals surface area contributed by atoms with Gasteiger partial charge in [-0.1, -0.05) is 18.2 Å². The van der Waals surface area contributed by atoms with Gasteiger partial charge in [0.05, 0.1) is 19.8 Å². The van der Waals surface area contributed by atoms with Crippen LogP contribution < -0.4 is 10.1 Å². The van der Waals surface area contributed by atoms with E-state index in [0.29, 0.717) is 11.6 Å². The van der Waals surface area contributed by atoms with E-state index in [9.17, 15) is 0 Å². The molecule has 0 aliphatic carbocycles. The molecule has 0 aromatic heterocycles. The second-order valence-corrected chi connectivity index (χ2v) is 8.19. The number of thioether (sulfide) groups is 1. The van der Waals surface area contributed by atoms with E-state index >= 15 is 0 Å². The van der Waals surface area contributed by atoms with Gasteiger partial charge in [-0.3, -0.25) is 4.90 Å². The molecule has 0 saturated carbocycles. The molecule has 0 amide bonds. The molecular weight excluding hydrogens is 320 g/mol. The summed E-state index contributed by atoms with van der Waals surface area (Å²) >= 11 is 2.10. The number of nitrogens with zero attached hydrogens (tertiary/aromatic N) is 1. The monoisotopic (exact) mass is 348 g/mol. The van der Waals surface area contributed by atoms with Gasteiger partial charge in [0, 0.05) is 42.5 Å². The molecule has 4 nitrogen and oxygen atoms in total. The summed E-state index contributed by atoms with van der Waals surface area (Å²) in [5, 5.41) is 3.92. The van der Waals surface area contributed by atoms with E-state index in [2.05, 4.69) is 46.2 Å². The molecule has 0 unspecified atom stereocenters. The molecule has 0 spiro atoms. The van der Waals surface area contributed by atoms with Crippen LogP contribution in [0, 0.1) is 0 Å². The lowest BCUT2D eigenvalue weighted by molar-refractivity contribution is -0.0141. The van der Waals surface area contributed by atoms with Gasteiger partial charge in [0.1, 0.15) is 5.75 Å². The molecule has 1 aromatic carbocycles. The maximum Gasteiger partial charge on any atom is 0.124 e. The predicted molar refractivity (Wildman–Crippen MR) is 99.0 cm³/mol. The van der Waals surface area contributed by atoms with Crippen molar-refractivity contribution in [3.8, 4) is 5.75 Å². The maximum absolute atomic E-state index is 5.92. The van der Waals surface area contributed by atoms with Crippen LogP contribution in [0.5, 0.6) is 5.75 Å². The van der Waals surface area contributed by atoms with Crippen molar-refractivity contribution < 1.29 is 9.47 Å². The topological polar surface area (TPSA) is 33.7 Å². The SMILES string of the molecule is c1ccc2c(c1)OCCC[C@@H]2NC[C@]1(N2CCOCC2)CCSC1. The van der Waals surface area contributed by atoms with Gasteiger partial charge in [0.25, 0.3) is 0 Å². The summed E-state index contributed by atoms with van der Waals surface area (Å²) in [7, 11) is 0. The molecule has 2 fully saturated rings. The molecule has 24 heavy (non-hydrogen) atoms. The number of ether oxygens (including phenoxy) is 2. The summed E-state index contributed by atoms with van der Waals surface area (Å²) in [5.74, 6) is 3.59. The molecule has 0 radical (unpaired) electrons. The molecular formula is C19H28N2O2S. The van der Waals surface area contributed by atoms with Gasteiger partial charge >= 0.3 is 0 Å². The third-order valence-corrected chi connectivity index (χ3v) is 6.87. The minimum Gasteiger partial charge on any atom is -0.493 e. The van der Waals surface area contributed by atoms with Crippen LogP contribution in [0.3, 0.4) is 0 Å². The third-order valence-electron chi connectivity index (χ3n) is 5.63. The average molecular weight is 349 g/mol. The Morgan fingerprint density at radius 2 is 2.08 bits per heavy atom. The quantitative estimate of drug-likeness (QED) is 0.905. The highest BCUT2D eigenvalue weighted by molar-refractivity contribution is 7.99. The van der Waals surface area contributed by atoms with E-state index < -0.39 is 0 Å². The van der Waals surface area contributed by atoms with E-state index in [-0.39, 0.29) is 0 Å². The van der Waals surface area contributed by atoms with E-state index in [4.69, 9.17) is 9.47 Å². The number of hydrogen-bond donors (Lipinski definition) is 1. The van der Waals surface area contributed by atoms with E-state index in [0.717, 1.165) is 58.0 Å². The number of hydrogen-bond acceptors (Lipinski definition) is 5. The molecule has 2 saturated heterocycles. The standard InChI is InChI=1S/C19H28N2O2S/c1-2-6-18-16(4-1)17(5-3-10-23-18)20-14-19(7-13-24-15-19)21-8-11-22-12-9-21/h1-2,4,6,17,20H,3,5,7-15H2/t17-,19+/m0/s1. The molecule has 5 heteroatoms. The average Bonchev–Trinajstić information content (AvgIpc) is 3.03. The predicted octanol–water partition coefficient (Wildman–Crippen LogP) is 2.70. The highest BCUT2D eigenvalue weighted by atomic mass is 32.2. The van der Waals surface area contributed by atoms with Gasteiger partial charge in [-0.25, -0.2) is 0 Å². The van der Waals surface area contributed by atoms with E-state index in [1.54, 1.807) is 0 Å². The van der Waals surface area contributed by atoms with Crippen LogP contribution in [0.4, 0.5) is 0 Å². The molecule has 1 aromatic rings. The highest BCUT2D eigenvalue weighted by Gasteiger charge is 2.41. The van der Waals surface area contributed by atoms with Gasteiger partial charge in [-0.05, 0) is 31.1 Å². The van der Waals surface area contributed by atoms with Crippen LogP contribution >= 0.6 is 11.8 Å². The first-order valence-corrected chi connectivity index (χ1v) is 10.4. The Morgan fingerprint density at radius 1 is 1.21 bits per heavy atom. The Hall–Kier alpha value is -0.750. The molecule has 1 N–H and O–H groups in total. The number of rotatable bonds is 4. The van der Waals surface area contributed by atoms with E-state index in [1.165, 1.54) is 23.5 Å². The summed E-state index contributed by atoms with van der Waals surface area (Å²) in [6.45, 7) is 5.82. The fourth-order valence-corrected chi connectivity index (χ4v) is 5.66. The Bertz CT molecular complexity index is 542. The second kappa shape index (κ2) is 7.65. The molecule has 3 aliphatic rings. The van der Waals surface area contributed by atoms with Crippen LogP contribution in [0.1, 0.15) is 30.9 Å². The van der Waals surface area contributed by atoms with Crippen molar-refractivity contribution in [3.63, 3.8) is 0 Å². The first-order valence-electron chi connectivity index (χ1n) is 9.23. The second-order valence-electron chi connectivity index (χ2n) is 7.09. The van der Waals surface area contributed by atoms with Gasteiger partial charge in [0.2, 0.25) is 0 Å². The number of nitrogens with one attached hydrogen (secondary N) is 1. The van der Waals surface area contributed by atoms with Crippen LogP contribution in [0.15, 0.2) is 24.3 Å². The summed E-state index contributed by atoms with van der Waals surface area (Å²) in [6, 6.07) is 8.95. The molecule has 3 heterocycles. The minimum absolute atomic E-state index is 0.302. The van der Waals surface area contributed by atoms with Crippen molar-refractivity contribution in [1.82, 2.24) is 10.2 Å². The van der Waals surface area contributed by atoms with E-state index in [1.807, 2.05) is 0 Å². The van der Waals surface area contributed by atoms with Crippen LogP contribution in [0.2, 0.25) is 0 Å².